The van der Waals surface area contributed by atoms with Gasteiger partial charge < -0.3 is 14.2 Å². The highest BCUT2D eigenvalue weighted by molar-refractivity contribution is 8.00. The average molecular weight is 472 g/mol. The van der Waals surface area contributed by atoms with E-state index in [1.807, 2.05) is 0 Å². The molecule has 0 N–H and O–H groups in total. The fraction of sp³-hybridized carbons (Fsp3) is 0.571. The average Bonchev–Trinajstić information content (AvgIpc) is 2.69. The third-order valence-electron chi connectivity index (χ3n) is 3.60. The van der Waals surface area contributed by atoms with E-state index >= 15 is 0 Å². The second kappa shape index (κ2) is 16.4. The first-order chi connectivity index (χ1) is 14.6. The summed E-state index contributed by atoms with van der Waals surface area (Å²) in [5.74, 6) is 0. The van der Waals surface area contributed by atoms with Crippen molar-refractivity contribution in [2.24, 2.45) is 0 Å². The van der Waals surface area contributed by atoms with Crippen molar-refractivity contribution in [3.63, 3.8) is 0 Å². The molecular formula is C21H33N3O3S3. The molecule has 3 unspecified atom stereocenters. The Hall–Kier alpha value is -1.32. The van der Waals surface area contributed by atoms with Crippen LogP contribution in [0.5, 0.6) is 0 Å². The molecule has 6 nitrogen and oxygen atoms in total. The van der Waals surface area contributed by atoms with Crippen LogP contribution in [0.3, 0.4) is 0 Å². The van der Waals surface area contributed by atoms with Crippen molar-refractivity contribution in [1.29, 1.82) is 0 Å². The molecule has 0 fully saturated rings. The molecule has 30 heavy (non-hydrogen) atoms. The first kappa shape index (κ1) is 26.7. The zero-order valence-corrected chi connectivity index (χ0v) is 20.6. The van der Waals surface area contributed by atoms with Crippen LogP contribution in [0.4, 0.5) is 0 Å². The van der Waals surface area contributed by atoms with E-state index in [-0.39, 0.29) is 16.3 Å². The van der Waals surface area contributed by atoms with Gasteiger partial charge in [0.2, 0.25) is 0 Å². The fourth-order valence-electron chi connectivity index (χ4n) is 2.32. The minimum Gasteiger partial charge on any atom is -0.488 e. The predicted molar refractivity (Wildman–Crippen MR) is 127 cm³/mol. The van der Waals surface area contributed by atoms with Crippen LogP contribution < -0.4 is 0 Å². The summed E-state index contributed by atoms with van der Waals surface area (Å²) in [6.45, 7) is 17.3. The van der Waals surface area contributed by atoms with Gasteiger partial charge in [-0.15, -0.1) is 0 Å². The Bertz CT molecular complexity index is 551. The van der Waals surface area contributed by atoms with Gasteiger partial charge in [-0.05, 0) is 54.5 Å². The van der Waals surface area contributed by atoms with Gasteiger partial charge in [0.1, 0.15) is 0 Å². The molecule has 1 rings (SSSR count). The van der Waals surface area contributed by atoms with Crippen LogP contribution >= 0.6 is 35.3 Å². The van der Waals surface area contributed by atoms with Gasteiger partial charge >= 0.3 is 0 Å². The van der Waals surface area contributed by atoms with Crippen LogP contribution in [0.1, 0.15) is 59.3 Å². The van der Waals surface area contributed by atoms with Crippen LogP contribution in [0.2, 0.25) is 0 Å². The van der Waals surface area contributed by atoms with Crippen LogP contribution in [-0.2, 0) is 14.2 Å². The molecule has 0 saturated heterocycles. The summed E-state index contributed by atoms with van der Waals surface area (Å²) in [6, 6.07) is 0. The minimum absolute atomic E-state index is 0.0997. The van der Waals surface area contributed by atoms with Crippen LogP contribution in [0.25, 0.3) is 0 Å². The van der Waals surface area contributed by atoms with Gasteiger partial charge in [-0.2, -0.15) is 15.0 Å². The predicted octanol–water partition coefficient (Wildman–Crippen LogP) is 7.01. The Kier molecular flexibility index (Phi) is 14.6. The second-order valence-corrected chi connectivity index (χ2v) is 9.48. The Morgan fingerprint density at radius 2 is 0.900 bits per heavy atom. The lowest BCUT2D eigenvalue weighted by molar-refractivity contribution is 0.212. The topological polar surface area (TPSA) is 66.4 Å². The highest BCUT2D eigenvalue weighted by atomic mass is 32.2. The van der Waals surface area contributed by atoms with Crippen molar-refractivity contribution >= 4 is 35.3 Å². The van der Waals surface area contributed by atoms with Crippen molar-refractivity contribution in [3.05, 3.63) is 38.5 Å². The number of nitrogens with zero attached hydrogens (tertiary/aromatic N) is 3. The molecule has 0 amide bonds. The lowest BCUT2D eigenvalue weighted by atomic mass is 10.4. The maximum absolute atomic E-state index is 5.62. The molecule has 1 aromatic rings. The van der Waals surface area contributed by atoms with E-state index in [0.717, 1.165) is 38.5 Å². The molecule has 0 aliphatic heterocycles. The molecular weight excluding hydrogens is 438 g/mol. The number of thioether (sulfide) groups is 3. The number of ether oxygens (including phenoxy) is 3. The molecule has 0 bridgehead atoms. The monoisotopic (exact) mass is 471 g/mol. The minimum atomic E-state index is -0.0997. The lowest BCUT2D eigenvalue weighted by Crippen LogP contribution is -2.10. The SMILES string of the molecule is C=COC(CCC)Sc1nc(SC(CCC)OC=C)nc(SC(CCC)OC=C)n1. The summed E-state index contributed by atoms with van der Waals surface area (Å²) >= 11 is 4.41. The Labute approximate surface area is 193 Å². The zero-order valence-electron chi connectivity index (χ0n) is 18.1. The van der Waals surface area contributed by atoms with E-state index in [4.69, 9.17) is 14.2 Å². The first-order valence-corrected chi connectivity index (χ1v) is 12.8. The summed E-state index contributed by atoms with van der Waals surface area (Å²) in [5.41, 5.74) is -0.299. The van der Waals surface area contributed by atoms with Gasteiger partial charge in [-0.1, -0.05) is 59.8 Å². The Morgan fingerprint density at radius 3 is 1.10 bits per heavy atom. The molecule has 3 atom stereocenters. The molecule has 0 radical (unpaired) electrons. The quantitative estimate of drug-likeness (QED) is 0.128. The zero-order chi connectivity index (χ0) is 22.2. The summed E-state index contributed by atoms with van der Waals surface area (Å²) in [4.78, 5) is 13.9. The summed E-state index contributed by atoms with van der Waals surface area (Å²) in [5, 5.41) is 1.83. The van der Waals surface area contributed by atoms with Crippen molar-refractivity contribution in [2.75, 3.05) is 0 Å². The fourth-order valence-corrected chi connectivity index (χ4v) is 5.50. The van der Waals surface area contributed by atoms with E-state index in [2.05, 4.69) is 55.5 Å². The van der Waals surface area contributed by atoms with Crippen LogP contribution in [0, 0.1) is 0 Å². The van der Waals surface area contributed by atoms with Crippen molar-refractivity contribution in [1.82, 2.24) is 15.0 Å². The Balaban J connectivity index is 3.15. The van der Waals surface area contributed by atoms with Gasteiger partial charge in [0.15, 0.2) is 31.8 Å². The number of rotatable bonds is 18. The molecule has 168 valence electrons. The van der Waals surface area contributed by atoms with Crippen LogP contribution in [0.15, 0.2) is 54.0 Å². The Morgan fingerprint density at radius 1 is 0.633 bits per heavy atom. The van der Waals surface area contributed by atoms with Gasteiger partial charge in [0.25, 0.3) is 0 Å². The van der Waals surface area contributed by atoms with E-state index in [0.29, 0.717) is 15.5 Å². The maximum Gasteiger partial charge on any atom is 0.196 e. The molecule has 0 saturated carbocycles. The molecule has 9 heteroatoms. The lowest BCUT2D eigenvalue weighted by Gasteiger charge is -2.18. The van der Waals surface area contributed by atoms with Crippen molar-refractivity contribution in [3.8, 4) is 0 Å². The second-order valence-electron chi connectivity index (χ2n) is 6.10. The number of hydrogen-bond acceptors (Lipinski definition) is 9. The van der Waals surface area contributed by atoms with Gasteiger partial charge in [-0.3, -0.25) is 0 Å². The van der Waals surface area contributed by atoms with Gasteiger partial charge in [-0.25, -0.2) is 0 Å². The standard InChI is InChI=1S/C21H33N3O3S3/c1-7-13-16(25-10-4)28-19-22-20(29-17(14-8-2)26-11-5)24-21(23-19)30-18(15-9-3)27-12-6/h10-12,16-18H,4-9,13-15H2,1-3H3. The molecule has 1 aromatic heterocycles. The molecule has 0 aliphatic carbocycles. The first-order valence-electron chi connectivity index (χ1n) is 10.1. The third-order valence-corrected chi connectivity index (χ3v) is 6.61. The van der Waals surface area contributed by atoms with E-state index < -0.39 is 0 Å². The number of aromatic nitrogens is 3. The summed E-state index contributed by atoms with van der Waals surface area (Å²) in [7, 11) is 0. The molecule has 1 heterocycles. The largest absolute Gasteiger partial charge is 0.488 e. The van der Waals surface area contributed by atoms with Crippen molar-refractivity contribution in [2.45, 2.75) is 91.1 Å². The van der Waals surface area contributed by atoms with Crippen molar-refractivity contribution < 1.29 is 14.2 Å². The third kappa shape index (κ3) is 10.6. The molecule has 0 aliphatic rings. The number of hydrogen-bond donors (Lipinski definition) is 0. The van der Waals surface area contributed by atoms with E-state index in [1.54, 1.807) is 0 Å². The molecule has 0 aromatic carbocycles. The van der Waals surface area contributed by atoms with E-state index in [1.165, 1.54) is 54.1 Å². The highest BCUT2D eigenvalue weighted by Crippen LogP contribution is 2.32. The normalized spacial score (nSPS) is 13.7. The summed E-state index contributed by atoms with van der Waals surface area (Å²) < 4.78 is 16.9. The maximum atomic E-state index is 5.62. The van der Waals surface area contributed by atoms with Gasteiger partial charge in [0, 0.05) is 0 Å². The highest BCUT2D eigenvalue weighted by Gasteiger charge is 2.20. The molecule has 0 spiro atoms. The van der Waals surface area contributed by atoms with Gasteiger partial charge in [0.05, 0.1) is 18.8 Å². The summed E-state index contributed by atoms with van der Waals surface area (Å²) in [6.07, 6.45) is 9.93. The smallest absolute Gasteiger partial charge is 0.196 e. The van der Waals surface area contributed by atoms with E-state index in [9.17, 15) is 0 Å². The van der Waals surface area contributed by atoms with Crippen LogP contribution in [-0.4, -0.2) is 31.3 Å².